The molecule has 2 heterocycles. The molecule has 1 aliphatic carbocycles. The SMILES string of the molecule is CC(C)CC1NC2(CC2)C(=O)N1CC1CCOC1. The number of hydrogen-bond acceptors (Lipinski definition) is 3. The summed E-state index contributed by atoms with van der Waals surface area (Å²) in [4.78, 5) is 14.6. The van der Waals surface area contributed by atoms with E-state index in [0.717, 1.165) is 45.4 Å². The molecule has 2 atom stereocenters. The zero-order chi connectivity index (χ0) is 12.8. The second-order valence-electron chi connectivity index (χ2n) is 6.56. The van der Waals surface area contributed by atoms with Gasteiger partial charge in [0.15, 0.2) is 0 Å². The quantitative estimate of drug-likeness (QED) is 0.821. The largest absolute Gasteiger partial charge is 0.381 e. The highest BCUT2D eigenvalue weighted by Gasteiger charge is 2.59. The van der Waals surface area contributed by atoms with Gasteiger partial charge in [-0.1, -0.05) is 13.8 Å². The summed E-state index contributed by atoms with van der Waals surface area (Å²) in [6.45, 7) is 7.01. The van der Waals surface area contributed by atoms with Crippen molar-refractivity contribution in [3.05, 3.63) is 0 Å². The minimum absolute atomic E-state index is 0.168. The van der Waals surface area contributed by atoms with Gasteiger partial charge in [-0.25, -0.2) is 0 Å². The highest BCUT2D eigenvalue weighted by Crippen LogP contribution is 2.43. The van der Waals surface area contributed by atoms with Crippen molar-refractivity contribution in [3.8, 4) is 0 Å². The lowest BCUT2D eigenvalue weighted by Crippen LogP contribution is -2.41. The van der Waals surface area contributed by atoms with Crippen LogP contribution in [-0.4, -0.2) is 42.3 Å². The van der Waals surface area contributed by atoms with Crippen molar-refractivity contribution >= 4 is 5.91 Å². The Bertz CT molecular complexity index is 333. The predicted molar refractivity (Wildman–Crippen MR) is 69.0 cm³/mol. The number of carbonyl (C=O) groups is 1. The molecule has 1 saturated carbocycles. The first-order valence-corrected chi connectivity index (χ1v) is 7.27. The second kappa shape index (κ2) is 4.49. The summed E-state index contributed by atoms with van der Waals surface area (Å²) >= 11 is 0. The van der Waals surface area contributed by atoms with Crippen LogP contribution in [0.5, 0.6) is 0 Å². The van der Waals surface area contributed by atoms with Crippen LogP contribution in [0.4, 0.5) is 0 Å². The van der Waals surface area contributed by atoms with Gasteiger partial charge in [-0.15, -0.1) is 0 Å². The van der Waals surface area contributed by atoms with Crippen molar-refractivity contribution in [1.82, 2.24) is 10.2 Å². The number of rotatable bonds is 4. The molecule has 1 N–H and O–H groups in total. The lowest BCUT2D eigenvalue weighted by molar-refractivity contribution is -0.131. The van der Waals surface area contributed by atoms with Crippen molar-refractivity contribution < 1.29 is 9.53 Å². The Balaban J connectivity index is 1.68. The van der Waals surface area contributed by atoms with Gasteiger partial charge in [0.05, 0.1) is 18.3 Å². The fraction of sp³-hybridized carbons (Fsp3) is 0.929. The molecular formula is C14H24N2O2. The highest BCUT2D eigenvalue weighted by atomic mass is 16.5. The van der Waals surface area contributed by atoms with Crippen LogP contribution in [0.3, 0.4) is 0 Å². The first-order chi connectivity index (χ1) is 8.61. The fourth-order valence-electron chi connectivity index (χ4n) is 3.21. The second-order valence-corrected chi connectivity index (χ2v) is 6.56. The molecule has 2 unspecified atom stereocenters. The zero-order valence-electron chi connectivity index (χ0n) is 11.4. The van der Waals surface area contributed by atoms with E-state index >= 15 is 0 Å². The van der Waals surface area contributed by atoms with E-state index < -0.39 is 0 Å². The number of nitrogens with one attached hydrogen (secondary N) is 1. The molecule has 0 aromatic heterocycles. The van der Waals surface area contributed by atoms with Crippen LogP contribution in [0.25, 0.3) is 0 Å². The van der Waals surface area contributed by atoms with Crippen molar-refractivity contribution in [2.45, 2.75) is 51.2 Å². The van der Waals surface area contributed by atoms with Crippen LogP contribution in [0.1, 0.15) is 39.5 Å². The van der Waals surface area contributed by atoms with Crippen molar-refractivity contribution in [2.75, 3.05) is 19.8 Å². The first kappa shape index (κ1) is 12.4. The molecule has 0 aromatic rings. The Kier molecular flexibility index (Phi) is 3.10. The minimum Gasteiger partial charge on any atom is -0.381 e. The Labute approximate surface area is 109 Å². The third-order valence-corrected chi connectivity index (χ3v) is 4.41. The number of hydrogen-bond donors (Lipinski definition) is 1. The topological polar surface area (TPSA) is 41.6 Å². The lowest BCUT2D eigenvalue weighted by Gasteiger charge is -2.27. The van der Waals surface area contributed by atoms with E-state index in [1.54, 1.807) is 0 Å². The van der Waals surface area contributed by atoms with Crippen LogP contribution in [0.2, 0.25) is 0 Å². The summed E-state index contributed by atoms with van der Waals surface area (Å²) in [7, 11) is 0. The highest BCUT2D eigenvalue weighted by molar-refractivity contribution is 5.91. The van der Waals surface area contributed by atoms with Gasteiger partial charge in [0, 0.05) is 19.1 Å². The van der Waals surface area contributed by atoms with Crippen LogP contribution in [0, 0.1) is 11.8 Å². The van der Waals surface area contributed by atoms with E-state index in [4.69, 9.17) is 4.74 Å². The van der Waals surface area contributed by atoms with E-state index in [9.17, 15) is 4.79 Å². The number of carbonyl (C=O) groups excluding carboxylic acids is 1. The van der Waals surface area contributed by atoms with Gasteiger partial charge < -0.3 is 9.64 Å². The van der Waals surface area contributed by atoms with E-state index in [-0.39, 0.29) is 11.7 Å². The monoisotopic (exact) mass is 252 g/mol. The predicted octanol–water partition coefficient (Wildman–Crippen LogP) is 1.36. The molecule has 0 aromatic carbocycles. The summed E-state index contributed by atoms with van der Waals surface area (Å²) < 4.78 is 5.43. The van der Waals surface area contributed by atoms with Gasteiger partial charge in [0.25, 0.3) is 0 Å². The van der Waals surface area contributed by atoms with E-state index in [2.05, 4.69) is 24.1 Å². The Hall–Kier alpha value is -0.610. The van der Waals surface area contributed by atoms with Crippen molar-refractivity contribution in [3.63, 3.8) is 0 Å². The van der Waals surface area contributed by atoms with Crippen molar-refractivity contribution in [1.29, 1.82) is 0 Å². The van der Waals surface area contributed by atoms with Crippen molar-refractivity contribution in [2.24, 2.45) is 11.8 Å². The molecule has 2 aliphatic heterocycles. The molecule has 3 rings (SSSR count). The summed E-state index contributed by atoms with van der Waals surface area (Å²) in [5, 5.41) is 3.58. The average molecular weight is 252 g/mol. The Morgan fingerprint density at radius 3 is 2.83 bits per heavy atom. The van der Waals surface area contributed by atoms with Gasteiger partial charge in [-0.05, 0) is 31.6 Å². The standard InChI is InChI=1S/C14H24N2O2/c1-10(2)7-12-15-14(4-5-14)13(17)16(12)8-11-3-6-18-9-11/h10-12,15H,3-9H2,1-2H3. The molecular weight excluding hydrogens is 228 g/mol. The summed E-state index contributed by atoms with van der Waals surface area (Å²) in [6, 6.07) is 0. The van der Waals surface area contributed by atoms with Gasteiger partial charge in [0.2, 0.25) is 5.91 Å². The Morgan fingerprint density at radius 1 is 1.50 bits per heavy atom. The van der Waals surface area contributed by atoms with Gasteiger partial charge in [0.1, 0.15) is 0 Å². The zero-order valence-corrected chi connectivity index (χ0v) is 11.4. The third-order valence-electron chi connectivity index (χ3n) is 4.41. The minimum atomic E-state index is -0.168. The van der Waals surface area contributed by atoms with Gasteiger partial charge in [-0.3, -0.25) is 10.1 Å². The van der Waals surface area contributed by atoms with E-state index in [1.807, 2.05) is 0 Å². The molecule has 4 heteroatoms. The molecule has 1 amide bonds. The summed E-state index contributed by atoms with van der Waals surface area (Å²) in [5.74, 6) is 1.51. The normalized spacial score (nSPS) is 33.9. The molecule has 1 spiro atoms. The van der Waals surface area contributed by atoms with Crippen LogP contribution in [-0.2, 0) is 9.53 Å². The third kappa shape index (κ3) is 2.16. The number of amides is 1. The molecule has 3 aliphatic rings. The average Bonchev–Trinajstić information content (AvgIpc) is 2.82. The molecule has 3 fully saturated rings. The molecule has 2 saturated heterocycles. The maximum Gasteiger partial charge on any atom is 0.244 e. The first-order valence-electron chi connectivity index (χ1n) is 7.27. The number of nitrogens with zero attached hydrogens (tertiary/aromatic N) is 1. The van der Waals surface area contributed by atoms with E-state index in [1.165, 1.54) is 0 Å². The maximum absolute atomic E-state index is 12.5. The van der Waals surface area contributed by atoms with E-state index in [0.29, 0.717) is 17.7 Å². The Morgan fingerprint density at radius 2 is 2.28 bits per heavy atom. The summed E-state index contributed by atoms with van der Waals surface area (Å²) in [5.41, 5.74) is -0.168. The van der Waals surface area contributed by atoms with Crippen LogP contribution < -0.4 is 5.32 Å². The molecule has 0 radical (unpaired) electrons. The number of ether oxygens (including phenoxy) is 1. The van der Waals surface area contributed by atoms with Crippen LogP contribution in [0.15, 0.2) is 0 Å². The molecule has 4 nitrogen and oxygen atoms in total. The van der Waals surface area contributed by atoms with Gasteiger partial charge in [-0.2, -0.15) is 0 Å². The lowest BCUT2D eigenvalue weighted by atomic mass is 10.1. The molecule has 18 heavy (non-hydrogen) atoms. The fourth-order valence-corrected chi connectivity index (χ4v) is 3.21. The van der Waals surface area contributed by atoms with Gasteiger partial charge >= 0.3 is 0 Å². The smallest absolute Gasteiger partial charge is 0.244 e. The van der Waals surface area contributed by atoms with Crippen LogP contribution >= 0.6 is 0 Å². The molecule has 0 bridgehead atoms. The molecule has 102 valence electrons. The summed E-state index contributed by atoms with van der Waals surface area (Å²) in [6.07, 6.45) is 4.46. The maximum atomic E-state index is 12.5.